The van der Waals surface area contributed by atoms with E-state index >= 15 is 0 Å². The second-order valence-corrected chi connectivity index (χ2v) is 5.92. The maximum atomic E-state index is 12.1. The van der Waals surface area contributed by atoms with Gasteiger partial charge in [0.05, 0.1) is 0 Å². The number of halogens is 2. The molecule has 126 valence electrons. The van der Waals surface area contributed by atoms with Crippen LogP contribution in [0.15, 0.2) is 36.4 Å². The van der Waals surface area contributed by atoms with Gasteiger partial charge in [-0.15, -0.1) is 0 Å². The fourth-order valence-electron chi connectivity index (χ4n) is 3.06. The van der Waals surface area contributed by atoms with Gasteiger partial charge in [0.15, 0.2) is 0 Å². The Labute approximate surface area is 135 Å². The summed E-state index contributed by atoms with van der Waals surface area (Å²) >= 11 is 0. The number of aliphatic carboxylic acids is 1. The van der Waals surface area contributed by atoms with E-state index in [9.17, 15) is 13.6 Å². The lowest BCUT2D eigenvalue weighted by Crippen LogP contribution is -2.11. The molecule has 0 aliphatic heterocycles. The van der Waals surface area contributed by atoms with Crippen LogP contribution in [0.4, 0.5) is 8.78 Å². The number of ether oxygens (including phenoxy) is 1. The molecule has 0 amide bonds. The first-order chi connectivity index (χ1) is 11.0. The number of allylic oxidation sites excluding steroid dienone is 2. The topological polar surface area (TPSA) is 46.5 Å². The molecular formula is C18H22F2O3. The lowest BCUT2D eigenvalue weighted by molar-refractivity contribution is -0.136. The molecule has 3 nitrogen and oxygen atoms in total. The molecule has 2 rings (SSSR count). The molecule has 0 atom stereocenters. The molecule has 23 heavy (non-hydrogen) atoms. The monoisotopic (exact) mass is 324 g/mol. The van der Waals surface area contributed by atoms with Crippen molar-refractivity contribution in [2.24, 2.45) is 5.92 Å². The van der Waals surface area contributed by atoms with E-state index in [1.807, 2.05) is 18.2 Å². The number of hydrogen-bond acceptors (Lipinski definition) is 2. The van der Waals surface area contributed by atoms with E-state index in [1.165, 1.54) is 5.56 Å². The molecule has 1 fully saturated rings. The largest absolute Gasteiger partial charge is 0.481 e. The molecule has 0 aromatic heterocycles. The number of alkyl halides is 2. The predicted octanol–water partition coefficient (Wildman–Crippen LogP) is 4.98. The Kier molecular flexibility index (Phi) is 6.56. The van der Waals surface area contributed by atoms with Gasteiger partial charge in [0.25, 0.3) is 0 Å². The molecule has 5 heteroatoms. The van der Waals surface area contributed by atoms with Gasteiger partial charge in [-0.05, 0) is 61.6 Å². The van der Waals surface area contributed by atoms with Gasteiger partial charge in [-0.25, -0.2) is 0 Å². The van der Waals surface area contributed by atoms with E-state index in [0.717, 1.165) is 25.7 Å². The van der Waals surface area contributed by atoms with Crippen molar-refractivity contribution in [3.63, 3.8) is 0 Å². The second kappa shape index (κ2) is 8.65. The average Bonchev–Trinajstić information content (AvgIpc) is 2.52. The highest BCUT2D eigenvalue weighted by atomic mass is 19.3. The molecule has 0 spiro atoms. The van der Waals surface area contributed by atoms with Crippen LogP contribution in [-0.4, -0.2) is 17.7 Å². The molecular weight excluding hydrogens is 302 g/mol. The van der Waals surface area contributed by atoms with Crippen molar-refractivity contribution in [1.82, 2.24) is 0 Å². The Balaban J connectivity index is 1.78. The normalized spacial score (nSPS) is 21.7. The molecule has 1 aliphatic rings. The molecule has 0 unspecified atom stereocenters. The highest BCUT2D eigenvalue weighted by Gasteiger charge is 2.20. The smallest absolute Gasteiger partial charge is 0.387 e. The summed E-state index contributed by atoms with van der Waals surface area (Å²) in [4.78, 5) is 10.4. The van der Waals surface area contributed by atoms with Crippen LogP contribution in [0.3, 0.4) is 0 Å². The third kappa shape index (κ3) is 6.00. The number of rotatable bonds is 7. The summed E-state index contributed by atoms with van der Waals surface area (Å²) in [6, 6.07) is 6.93. The van der Waals surface area contributed by atoms with E-state index in [0.29, 0.717) is 18.3 Å². The number of carboxylic acid groups (broad SMARTS) is 1. The van der Waals surface area contributed by atoms with Gasteiger partial charge in [-0.3, -0.25) is 4.79 Å². The average molecular weight is 324 g/mol. The van der Waals surface area contributed by atoms with E-state index in [-0.39, 0.29) is 12.2 Å². The minimum atomic E-state index is -2.79. The molecule has 1 N–H and O–H groups in total. The van der Waals surface area contributed by atoms with Crippen LogP contribution in [0.1, 0.15) is 50.0 Å². The van der Waals surface area contributed by atoms with Gasteiger partial charge in [0.1, 0.15) is 5.75 Å². The van der Waals surface area contributed by atoms with Gasteiger partial charge in [-0.2, -0.15) is 8.78 Å². The third-order valence-corrected chi connectivity index (χ3v) is 4.28. The summed E-state index contributed by atoms with van der Waals surface area (Å²) in [6.45, 7) is -2.79. The van der Waals surface area contributed by atoms with E-state index in [1.54, 1.807) is 12.1 Å². The maximum Gasteiger partial charge on any atom is 0.387 e. The molecule has 0 bridgehead atoms. The van der Waals surface area contributed by atoms with E-state index < -0.39 is 12.6 Å². The maximum absolute atomic E-state index is 12.1. The van der Waals surface area contributed by atoms with Crippen LogP contribution in [-0.2, 0) is 4.79 Å². The van der Waals surface area contributed by atoms with Crippen LogP contribution in [0.25, 0.3) is 0 Å². The third-order valence-electron chi connectivity index (χ3n) is 4.28. The van der Waals surface area contributed by atoms with E-state index in [4.69, 9.17) is 5.11 Å². The Morgan fingerprint density at radius 3 is 2.43 bits per heavy atom. The minimum Gasteiger partial charge on any atom is -0.481 e. The molecule has 1 aromatic rings. The first-order valence-corrected chi connectivity index (χ1v) is 7.98. The zero-order valence-corrected chi connectivity index (χ0v) is 13.0. The van der Waals surface area contributed by atoms with Crippen molar-refractivity contribution in [2.45, 2.75) is 51.1 Å². The Hall–Kier alpha value is -1.91. The summed E-state index contributed by atoms with van der Waals surface area (Å²) < 4.78 is 28.6. The van der Waals surface area contributed by atoms with Crippen LogP contribution >= 0.6 is 0 Å². The SMILES string of the molecule is O=C(O)CCC=C[C@H]1CC[C@H](c2ccc(OC(F)F)cc2)CC1. The quantitative estimate of drug-likeness (QED) is 0.719. The van der Waals surface area contributed by atoms with Gasteiger partial charge in [0.2, 0.25) is 0 Å². The van der Waals surface area contributed by atoms with Gasteiger partial charge in [0, 0.05) is 6.42 Å². The summed E-state index contributed by atoms with van der Waals surface area (Å²) in [7, 11) is 0. The number of hydrogen-bond donors (Lipinski definition) is 1. The summed E-state index contributed by atoms with van der Waals surface area (Å²) in [6.07, 6.45) is 9.13. The Morgan fingerprint density at radius 2 is 1.87 bits per heavy atom. The molecule has 1 aliphatic carbocycles. The Morgan fingerprint density at radius 1 is 1.22 bits per heavy atom. The lowest BCUT2D eigenvalue weighted by Gasteiger charge is -2.27. The van der Waals surface area contributed by atoms with Gasteiger partial charge in [-0.1, -0.05) is 24.3 Å². The second-order valence-electron chi connectivity index (χ2n) is 5.92. The van der Waals surface area contributed by atoms with Gasteiger partial charge >= 0.3 is 12.6 Å². The number of benzene rings is 1. The number of carbonyl (C=O) groups is 1. The Bertz CT molecular complexity index is 518. The summed E-state index contributed by atoms with van der Waals surface area (Å²) in [5, 5.41) is 8.59. The zero-order valence-electron chi connectivity index (χ0n) is 13.0. The summed E-state index contributed by atoms with van der Waals surface area (Å²) in [5.41, 5.74) is 1.17. The lowest BCUT2D eigenvalue weighted by atomic mass is 9.78. The van der Waals surface area contributed by atoms with Crippen molar-refractivity contribution >= 4 is 5.97 Å². The summed E-state index contributed by atoms with van der Waals surface area (Å²) in [5.74, 6) is 0.400. The fraction of sp³-hybridized carbons (Fsp3) is 0.500. The fourth-order valence-corrected chi connectivity index (χ4v) is 3.06. The van der Waals surface area contributed by atoms with Crippen LogP contribution in [0, 0.1) is 5.92 Å². The van der Waals surface area contributed by atoms with Crippen molar-refractivity contribution in [1.29, 1.82) is 0 Å². The van der Waals surface area contributed by atoms with Gasteiger partial charge < -0.3 is 9.84 Å². The highest BCUT2D eigenvalue weighted by Crippen LogP contribution is 2.36. The van der Waals surface area contributed by atoms with Crippen molar-refractivity contribution in [3.05, 3.63) is 42.0 Å². The molecule has 0 heterocycles. The minimum absolute atomic E-state index is 0.179. The predicted molar refractivity (Wildman–Crippen MR) is 83.8 cm³/mol. The van der Waals surface area contributed by atoms with Crippen molar-refractivity contribution in [2.75, 3.05) is 0 Å². The molecule has 1 saturated carbocycles. The number of carboxylic acids is 1. The van der Waals surface area contributed by atoms with Crippen LogP contribution in [0.5, 0.6) is 5.75 Å². The molecule has 0 radical (unpaired) electrons. The van der Waals surface area contributed by atoms with Crippen LogP contribution < -0.4 is 4.74 Å². The molecule has 0 saturated heterocycles. The first kappa shape index (κ1) is 17.4. The first-order valence-electron chi connectivity index (χ1n) is 7.98. The van der Waals surface area contributed by atoms with Crippen LogP contribution in [0.2, 0.25) is 0 Å². The zero-order chi connectivity index (χ0) is 16.7. The van der Waals surface area contributed by atoms with Crippen molar-refractivity contribution < 1.29 is 23.4 Å². The van der Waals surface area contributed by atoms with Crippen molar-refractivity contribution in [3.8, 4) is 5.75 Å². The highest BCUT2D eigenvalue weighted by molar-refractivity contribution is 5.66. The van der Waals surface area contributed by atoms with E-state index in [2.05, 4.69) is 10.8 Å². The molecule has 1 aromatic carbocycles. The standard InChI is InChI=1S/C18H22F2O3/c19-18(20)23-16-11-9-15(10-12-16)14-7-5-13(6-8-14)3-1-2-4-17(21)22/h1,3,9-14,18H,2,4-8H2,(H,21,22)/t13-,14-.